The van der Waals surface area contributed by atoms with Crippen molar-refractivity contribution in [3.05, 3.63) is 0 Å². The summed E-state index contributed by atoms with van der Waals surface area (Å²) < 4.78 is 11.0. The molecule has 19 heavy (non-hydrogen) atoms. The van der Waals surface area contributed by atoms with Gasteiger partial charge in [-0.15, -0.1) is 0 Å². The normalized spacial score (nSPS) is 17.1. The van der Waals surface area contributed by atoms with E-state index < -0.39 is 0 Å². The number of ether oxygens (including phenoxy) is 2. The number of hydrogen-bond donors (Lipinski definition) is 2. The second-order valence-corrected chi connectivity index (χ2v) is 5.36. The second kappa shape index (κ2) is 10.6. The largest absolute Gasteiger partial charge is 0.378 e. The van der Waals surface area contributed by atoms with Crippen LogP contribution in [0.1, 0.15) is 20.8 Å². The molecule has 1 rings (SSSR count). The minimum Gasteiger partial charge on any atom is -0.378 e. The van der Waals surface area contributed by atoms with E-state index >= 15 is 0 Å². The lowest BCUT2D eigenvalue weighted by molar-refractivity contribution is 0.0250. The van der Waals surface area contributed by atoms with Crippen LogP contribution >= 0.6 is 0 Å². The van der Waals surface area contributed by atoms with Crippen LogP contribution < -0.4 is 10.6 Å². The summed E-state index contributed by atoms with van der Waals surface area (Å²) in [5, 5.41) is 6.76. The zero-order valence-corrected chi connectivity index (χ0v) is 12.8. The lowest BCUT2D eigenvalue weighted by Crippen LogP contribution is -2.59. The monoisotopic (exact) mass is 273 g/mol. The number of rotatable bonds is 12. The maximum absolute atomic E-state index is 5.56. The average molecular weight is 273 g/mol. The molecule has 1 aliphatic rings. The molecule has 2 N–H and O–H groups in total. The van der Waals surface area contributed by atoms with Crippen LogP contribution in [0.25, 0.3) is 0 Å². The summed E-state index contributed by atoms with van der Waals surface area (Å²) in [6, 6.07) is 1.26. The molecular weight excluding hydrogens is 242 g/mol. The Morgan fingerprint density at radius 3 is 2.42 bits per heavy atom. The highest BCUT2D eigenvalue weighted by Gasteiger charge is 2.25. The Hall–Kier alpha value is -0.200. The van der Waals surface area contributed by atoms with Gasteiger partial charge in [-0.2, -0.15) is 0 Å². The first-order valence-electron chi connectivity index (χ1n) is 7.57. The van der Waals surface area contributed by atoms with Crippen LogP contribution in [0.3, 0.4) is 0 Å². The van der Waals surface area contributed by atoms with Gasteiger partial charge < -0.3 is 20.1 Å². The summed E-state index contributed by atoms with van der Waals surface area (Å²) in [6.45, 7) is 14.7. The first-order valence-corrected chi connectivity index (χ1v) is 7.57. The molecule has 0 radical (unpaired) electrons. The summed E-state index contributed by atoms with van der Waals surface area (Å²) in [4.78, 5) is 2.42. The van der Waals surface area contributed by atoms with E-state index in [1.54, 1.807) is 0 Å². The van der Waals surface area contributed by atoms with E-state index in [2.05, 4.69) is 36.3 Å². The maximum atomic E-state index is 5.56. The van der Waals surface area contributed by atoms with Gasteiger partial charge in [-0.05, 0) is 6.54 Å². The van der Waals surface area contributed by atoms with Crippen molar-refractivity contribution >= 4 is 0 Å². The standard InChI is InChI=1S/C14H31N3O2/c1-4-15-5-7-18-9-10-19-8-6-17-11-14(12-17)16-13(2)3/h13-16H,4-12H2,1-3H3. The van der Waals surface area contributed by atoms with E-state index in [9.17, 15) is 0 Å². The third kappa shape index (κ3) is 8.55. The Kier molecular flexibility index (Phi) is 9.38. The molecule has 0 atom stereocenters. The molecule has 0 aromatic carbocycles. The minimum atomic E-state index is 0.586. The van der Waals surface area contributed by atoms with Crippen molar-refractivity contribution < 1.29 is 9.47 Å². The van der Waals surface area contributed by atoms with Gasteiger partial charge in [-0.3, -0.25) is 4.90 Å². The van der Waals surface area contributed by atoms with Gasteiger partial charge in [0.25, 0.3) is 0 Å². The fourth-order valence-corrected chi connectivity index (χ4v) is 2.17. The van der Waals surface area contributed by atoms with Gasteiger partial charge in [-0.1, -0.05) is 20.8 Å². The highest BCUT2D eigenvalue weighted by molar-refractivity contribution is 4.86. The molecule has 0 spiro atoms. The fraction of sp³-hybridized carbons (Fsp3) is 1.00. The zero-order chi connectivity index (χ0) is 13.9. The van der Waals surface area contributed by atoms with E-state index in [1.165, 1.54) is 0 Å². The van der Waals surface area contributed by atoms with E-state index in [0.717, 1.165) is 45.9 Å². The summed E-state index contributed by atoms with van der Waals surface area (Å²) in [6.07, 6.45) is 0. The first kappa shape index (κ1) is 16.9. The van der Waals surface area contributed by atoms with Gasteiger partial charge in [0.05, 0.1) is 26.4 Å². The summed E-state index contributed by atoms with van der Waals surface area (Å²) >= 11 is 0. The van der Waals surface area contributed by atoms with Gasteiger partial charge in [0.15, 0.2) is 0 Å². The van der Waals surface area contributed by atoms with Crippen LogP contribution in [0.2, 0.25) is 0 Å². The molecule has 114 valence electrons. The van der Waals surface area contributed by atoms with Crippen molar-refractivity contribution in [2.24, 2.45) is 0 Å². The van der Waals surface area contributed by atoms with Crippen LogP contribution in [0.15, 0.2) is 0 Å². The predicted octanol–water partition coefficient (Wildman–Crippen LogP) is 0.311. The molecule has 0 aliphatic carbocycles. The highest BCUT2D eigenvalue weighted by atomic mass is 16.5. The second-order valence-electron chi connectivity index (χ2n) is 5.36. The molecule has 5 nitrogen and oxygen atoms in total. The minimum absolute atomic E-state index is 0.586. The molecule has 1 aliphatic heterocycles. The average Bonchev–Trinajstić information content (AvgIpc) is 2.32. The molecule has 0 unspecified atom stereocenters. The van der Waals surface area contributed by atoms with Crippen molar-refractivity contribution in [1.29, 1.82) is 0 Å². The van der Waals surface area contributed by atoms with Gasteiger partial charge >= 0.3 is 0 Å². The molecular formula is C14H31N3O2. The van der Waals surface area contributed by atoms with Crippen molar-refractivity contribution in [3.63, 3.8) is 0 Å². The topological polar surface area (TPSA) is 45.8 Å². The van der Waals surface area contributed by atoms with Crippen LogP contribution in [0.4, 0.5) is 0 Å². The van der Waals surface area contributed by atoms with Crippen LogP contribution in [-0.4, -0.2) is 76.1 Å². The predicted molar refractivity (Wildman–Crippen MR) is 78.7 cm³/mol. The van der Waals surface area contributed by atoms with Crippen molar-refractivity contribution in [2.45, 2.75) is 32.9 Å². The van der Waals surface area contributed by atoms with E-state index in [1.807, 2.05) is 0 Å². The molecule has 0 amide bonds. The van der Waals surface area contributed by atoms with Gasteiger partial charge in [-0.25, -0.2) is 0 Å². The third-order valence-electron chi connectivity index (χ3n) is 3.12. The van der Waals surface area contributed by atoms with Gasteiger partial charge in [0.2, 0.25) is 0 Å². The lowest BCUT2D eigenvalue weighted by Gasteiger charge is -2.40. The smallest absolute Gasteiger partial charge is 0.0701 e. The molecule has 1 fully saturated rings. The first-order chi connectivity index (χ1) is 9.22. The van der Waals surface area contributed by atoms with Crippen LogP contribution in [-0.2, 0) is 9.47 Å². The summed E-state index contributed by atoms with van der Waals surface area (Å²) in [7, 11) is 0. The Labute approximate surface area is 118 Å². The van der Waals surface area contributed by atoms with E-state index in [4.69, 9.17) is 9.47 Å². The van der Waals surface area contributed by atoms with Crippen LogP contribution in [0.5, 0.6) is 0 Å². The number of likely N-dealkylation sites (N-methyl/N-ethyl adjacent to an activating group) is 1. The molecule has 0 saturated carbocycles. The quantitative estimate of drug-likeness (QED) is 0.501. The van der Waals surface area contributed by atoms with Gasteiger partial charge in [0, 0.05) is 38.3 Å². The van der Waals surface area contributed by atoms with E-state index in [-0.39, 0.29) is 0 Å². The molecule has 1 heterocycles. The Balaban J connectivity index is 1.75. The number of likely N-dealkylation sites (tertiary alicyclic amines) is 1. The van der Waals surface area contributed by atoms with Crippen molar-refractivity contribution in [1.82, 2.24) is 15.5 Å². The van der Waals surface area contributed by atoms with Crippen LogP contribution in [0, 0.1) is 0 Å². The van der Waals surface area contributed by atoms with Crippen molar-refractivity contribution in [2.75, 3.05) is 59.2 Å². The molecule has 0 aromatic rings. The number of nitrogens with one attached hydrogen (secondary N) is 2. The third-order valence-corrected chi connectivity index (χ3v) is 3.12. The van der Waals surface area contributed by atoms with E-state index in [0.29, 0.717) is 25.3 Å². The number of hydrogen-bond acceptors (Lipinski definition) is 5. The lowest BCUT2D eigenvalue weighted by atomic mass is 10.1. The Morgan fingerprint density at radius 1 is 1.11 bits per heavy atom. The van der Waals surface area contributed by atoms with Gasteiger partial charge in [0.1, 0.15) is 0 Å². The summed E-state index contributed by atoms with van der Waals surface area (Å²) in [5.74, 6) is 0. The Bertz CT molecular complexity index is 209. The Morgan fingerprint density at radius 2 is 1.79 bits per heavy atom. The molecule has 0 bridgehead atoms. The maximum Gasteiger partial charge on any atom is 0.0701 e. The summed E-state index contributed by atoms with van der Waals surface area (Å²) in [5.41, 5.74) is 0. The molecule has 5 heteroatoms. The molecule has 0 aromatic heterocycles. The zero-order valence-electron chi connectivity index (χ0n) is 12.8. The SMILES string of the molecule is CCNCCOCCOCCN1CC(NC(C)C)C1. The highest BCUT2D eigenvalue weighted by Crippen LogP contribution is 2.07. The number of nitrogens with zero attached hydrogens (tertiary/aromatic N) is 1. The fourth-order valence-electron chi connectivity index (χ4n) is 2.17. The molecule has 1 saturated heterocycles. The van der Waals surface area contributed by atoms with Crippen molar-refractivity contribution in [3.8, 4) is 0 Å².